The number of carboxylic acid groups (broad SMARTS) is 1. The molecule has 1 N–H and O–H groups in total. The molecule has 19 heavy (non-hydrogen) atoms. The molecule has 1 unspecified atom stereocenters. The fourth-order valence-corrected chi connectivity index (χ4v) is 2.62. The SMILES string of the molecule is CC1CCC(OCC(C(=O)O)c2ccccc2)CC1. The van der Waals surface area contributed by atoms with Crippen molar-refractivity contribution in [2.45, 2.75) is 44.6 Å². The van der Waals surface area contributed by atoms with E-state index in [1.54, 1.807) is 0 Å². The van der Waals surface area contributed by atoms with Crippen LogP contribution in [0.2, 0.25) is 0 Å². The van der Waals surface area contributed by atoms with E-state index in [1.165, 1.54) is 12.8 Å². The summed E-state index contributed by atoms with van der Waals surface area (Å²) in [6.45, 7) is 2.54. The molecule has 1 fully saturated rings. The zero-order valence-electron chi connectivity index (χ0n) is 11.4. The van der Waals surface area contributed by atoms with Gasteiger partial charge in [-0.25, -0.2) is 0 Å². The molecule has 0 aliphatic heterocycles. The van der Waals surface area contributed by atoms with Crippen LogP contribution in [0.3, 0.4) is 0 Å². The van der Waals surface area contributed by atoms with E-state index in [4.69, 9.17) is 4.74 Å². The molecule has 1 aliphatic carbocycles. The van der Waals surface area contributed by atoms with Crippen LogP contribution in [-0.4, -0.2) is 23.8 Å². The van der Waals surface area contributed by atoms with Crippen molar-refractivity contribution in [2.24, 2.45) is 5.92 Å². The smallest absolute Gasteiger partial charge is 0.313 e. The van der Waals surface area contributed by atoms with E-state index in [-0.39, 0.29) is 12.7 Å². The van der Waals surface area contributed by atoms with E-state index in [1.807, 2.05) is 30.3 Å². The van der Waals surface area contributed by atoms with Gasteiger partial charge in [-0.15, -0.1) is 0 Å². The molecule has 1 atom stereocenters. The maximum absolute atomic E-state index is 11.3. The van der Waals surface area contributed by atoms with Gasteiger partial charge in [0.2, 0.25) is 0 Å². The maximum atomic E-state index is 11.3. The quantitative estimate of drug-likeness (QED) is 0.884. The van der Waals surface area contributed by atoms with Crippen molar-refractivity contribution in [1.82, 2.24) is 0 Å². The van der Waals surface area contributed by atoms with Crippen molar-refractivity contribution < 1.29 is 14.6 Å². The van der Waals surface area contributed by atoms with Crippen LogP contribution in [0.25, 0.3) is 0 Å². The summed E-state index contributed by atoms with van der Waals surface area (Å²) in [5.74, 6) is -0.583. The number of aliphatic carboxylic acids is 1. The average Bonchev–Trinajstić information content (AvgIpc) is 2.42. The van der Waals surface area contributed by atoms with Crippen molar-refractivity contribution in [1.29, 1.82) is 0 Å². The van der Waals surface area contributed by atoms with Crippen molar-refractivity contribution in [3.8, 4) is 0 Å². The van der Waals surface area contributed by atoms with Crippen LogP contribution in [0, 0.1) is 5.92 Å². The lowest BCUT2D eigenvalue weighted by atomic mass is 9.89. The van der Waals surface area contributed by atoms with Crippen LogP contribution in [0.15, 0.2) is 30.3 Å². The van der Waals surface area contributed by atoms with Crippen molar-refractivity contribution in [3.63, 3.8) is 0 Å². The summed E-state index contributed by atoms with van der Waals surface area (Å²) in [4.78, 5) is 11.3. The standard InChI is InChI=1S/C16H22O3/c1-12-7-9-14(10-8-12)19-11-15(16(17)18)13-5-3-2-4-6-13/h2-6,12,14-15H,7-11H2,1H3,(H,17,18). The van der Waals surface area contributed by atoms with Gasteiger partial charge in [0, 0.05) is 0 Å². The number of hydrogen-bond donors (Lipinski definition) is 1. The van der Waals surface area contributed by atoms with Gasteiger partial charge in [0.25, 0.3) is 0 Å². The molecule has 1 saturated carbocycles. The molecule has 1 aromatic carbocycles. The molecule has 0 amide bonds. The van der Waals surface area contributed by atoms with Gasteiger partial charge in [0.05, 0.1) is 12.7 Å². The molecule has 0 radical (unpaired) electrons. The molecule has 3 nitrogen and oxygen atoms in total. The highest BCUT2D eigenvalue weighted by Crippen LogP contribution is 2.27. The fourth-order valence-electron chi connectivity index (χ4n) is 2.62. The lowest BCUT2D eigenvalue weighted by molar-refractivity contribution is -0.141. The minimum absolute atomic E-state index is 0.238. The molecule has 0 spiro atoms. The maximum Gasteiger partial charge on any atom is 0.313 e. The van der Waals surface area contributed by atoms with Crippen LogP contribution >= 0.6 is 0 Å². The fraction of sp³-hybridized carbons (Fsp3) is 0.562. The van der Waals surface area contributed by atoms with E-state index < -0.39 is 11.9 Å². The molecule has 0 heterocycles. The summed E-state index contributed by atoms with van der Waals surface area (Å²) in [6.07, 6.45) is 4.73. The summed E-state index contributed by atoms with van der Waals surface area (Å²) in [6, 6.07) is 9.34. The van der Waals surface area contributed by atoms with Crippen LogP contribution in [0.1, 0.15) is 44.1 Å². The first kappa shape index (κ1) is 14.1. The van der Waals surface area contributed by atoms with Gasteiger partial charge in [-0.05, 0) is 37.2 Å². The highest BCUT2D eigenvalue weighted by molar-refractivity contribution is 5.76. The number of carbonyl (C=O) groups is 1. The second kappa shape index (κ2) is 6.71. The number of carboxylic acids is 1. The second-order valence-corrected chi connectivity index (χ2v) is 5.52. The Balaban J connectivity index is 1.90. The first-order valence-electron chi connectivity index (χ1n) is 7.06. The summed E-state index contributed by atoms with van der Waals surface area (Å²) in [7, 11) is 0. The van der Waals surface area contributed by atoms with Crippen molar-refractivity contribution in [3.05, 3.63) is 35.9 Å². The topological polar surface area (TPSA) is 46.5 Å². The van der Waals surface area contributed by atoms with Gasteiger partial charge in [-0.3, -0.25) is 4.79 Å². The minimum atomic E-state index is -0.810. The Morgan fingerprint density at radius 3 is 2.47 bits per heavy atom. The second-order valence-electron chi connectivity index (χ2n) is 5.52. The largest absolute Gasteiger partial charge is 0.481 e. The average molecular weight is 262 g/mol. The third-order valence-corrected chi connectivity index (χ3v) is 3.96. The molecule has 0 saturated heterocycles. The molecule has 104 valence electrons. The van der Waals surface area contributed by atoms with Gasteiger partial charge in [-0.1, -0.05) is 37.3 Å². The van der Waals surface area contributed by atoms with E-state index in [2.05, 4.69) is 6.92 Å². The van der Waals surface area contributed by atoms with Gasteiger partial charge >= 0.3 is 5.97 Å². The Morgan fingerprint density at radius 1 is 1.26 bits per heavy atom. The number of benzene rings is 1. The van der Waals surface area contributed by atoms with E-state index in [9.17, 15) is 9.90 Å². The molecular formula is C16H22O3. The van der Waals surface area contributed by atoms with E-state index in [0.717, 1.165) is 24.3 Å². The van der Waals surface area contributed by atoms with Gasteiger partial charge < -0.3 is 9.84 Å². The Labute approximate surface area is 114 Å². The monoisotopic (exact) mass is 262 g/mol. The Kier molecular flexibility index (Phi) is 4.97. The van der Waals surface area contributed by atoms with E-state index in [0.29, 0.717) is 0 Å². The molecule has 2 rings (SSSR count). The molecule has 0 aromatic heterocycles. The minimum Gasteiger partial charge on any atom is -0.481 e. The van der Waals surface area contributed by atoms with Gasteiger partial charge in [0.1, 0.15) is 5.92 Å². The lowest BCUT2D eigenvalue weighted by Crippen LogP contribution is -2.25. The summed E-state index contributed by atoms with van der Waals surface area (Å²) in [5.41, 5.74) is 0.819. The molecule has 1 aliphatic rings. The van der Waals surface area contributed by atoms with Gasteiger partial charge in [-0.2, -0.15) is 0 Å². The summed E-state index contributed by atoms with van der Waals surface area (Å²) < 4.78 is 5.83. The zero-order valence-corrected chi connectivity index (χ0v) is 11.4. The molecule has 3 heteroatoms. The Morgan fingerprint density at radius 2 is 1.89 bits per heavy atom. The number of rotatable bonds is 5. The predicted molar refractivity (Wildman–Crippen MR) is 74.2 cm³/mol. The first-order chi connectivity index (χ1) is 9.16. The first-order valence-corrected chi connectivity index (χ1v) is 7.06. The normalized spacial score (nSPS) is 24.9. The van der Waals surface area contributed by atoms with Crippen molar-refractivity contribution >= 4 is 5.97 Å². The summed E-state index contributed by atoms with van der Waals surface area (Å²) in [5, 5.41) is 9.32. The lowest BCUT2D eigenvalue weighted by Gasteiger charge is -2.27. The van der Waals surface area contributed by atoms with Crippen LogP contribution < -0.4 is 0 Å². The Bertz CT molecular complexity index is 394. The van der Waals surface area contributed by atoms with Gasteiger partial charge in [0.15, 0.2) is 0 Å². The van der Waals surface area contributed by atoms with Crippen molar-refractivity contribution in [2.75, 3.05) is 6.61 Å². The van der Waals surface area contributed by atoms with Crippen LogP contribution in [-0.2, 0) is 9.53 Å². The number of ether oxygens (including phenoxy) is 1. The highest BCUT2D eigenvalue weighted by atomic mass is 16.5. The number of hydrogen-bond acceptors (Lipinski definition) is 2. The zero-order chi connectivity index (χ0) is 13.7. The summed E-state index contributed by atoms with van der Waals surface area (Å²) >= 11 is 0. The third kappa shape index (κ3) is 4.06. The Hall–Kier alpha value is -1.35. The van der Waals surface area contributed by atoms with Crippen LogP contribution in [0.4, 0.5) is 0 Å². The molecule has 1 aromatic rings. The van der Waals surface area contributed by atoms with Crippen LogP contribution in [0.5, 0.6) is 0 Å². The highest BCUT2D eigenvalue weighted by Gasteiger charge is 2.24. The van der Waals surface area contributed by atoms with E-state index >= 15 is 0 Å². The third-order valence-electron chi connectivity index (χ3n) is 3.96. The predicted octanol–water partition coefficient (Wildman–Crippen LogP) is 3.45. The molecule has 0 bridgehead atoms. The molecular weight excluding hydrogens is 240 g/mol.